The Morgan fingerprint density at radius 1 is 1.28 bits per heavy atom. The summed E-state index contributed by atoms with van der Waals surface area (Å²) in [5, 5.41) is 11.3. The smallest absolute Gasteiger partial charge is 0.251 e. The number of methoxy groups -OCH3 is 1. The second-order valence-corrected chi connectivity index (χ2v) is 3.80. The van der Waals surface area contributed by atoms with E-state index in [1.54, 1.807) is 7.11 Å². The number of ether oxygens (including phenoxy) is 1. The van der Waals surface area contributed by atoms with E-state index < -0.39 is 0 Å². The Morgan fingerprint density at radius 3 is 2.89 bits per heavy atom. The molecule has 1 N–H and O–H groups in total. The van der Waals surface area contributed by atoms with Gasteiger partial charge in [-0.1, -0.05) is 19.1 Å². The Morgan fingerprint density at radius 2 is 2.11 bits per heavy atom. The molecule has 0 fully saturated rings. The van der Waals surface area contributed by atoms with Crippen molar-refractivity contribution in [2.24, 2.45) is 0 Å². The predicted molar refractivity (Wildman–Crippen MR) is 68.5 cm³/mol. The molecule has 2 rings (SSSR count). The highest BCUT2D eigenvalue weighted by Crippen LogP contribution is 2.28. The van der Waals surface area contributed by atoms with E-state index in [-0.39, 0.29) is 0 Å². The van der Waals surface area contributed by atoms with Gasteiger partial charge in [0, 0.05) is 13.0 Å². The third-order valence-corrected chi connectivity index (χ3v) is 2.57. The van der Waals surface area contributed by atoms with Gasteiger partial charge in [-0.15, -0.1) is 10.2 Å². The lowest BCUT2D eigenvalue weighted by Crippen LogP contribution is -2.16. The van der Waals surface area contributed by atoms with E-state index in [1.165, 1.54) is 0 Å². The van der Waals surface area contributed by atoms with Crippen molar-refractivity contribution < 1.29 is 9.15 Å². The van der Waals surface area contributed by atoms with Crippen LogP contribution in [0.4, 0.5) is 0 Å². The second kappa shape index (κ2) is 6.16. The third kappa shape index (κ3) is 2.87. The van der Waals surface area contributed by atoms with E-state index in [0.29, 0.717) is 11.8 Å². The molecule has 0 radical (unpaired) electrons. The molecule has 0 aliphatic rings. The highest BCUT2D eigenvalue weighted by Gasteiger charge is 2.12. The van der Waals surface area contributed by atoms with Crippen molar-refractivity contribution in [1.82, 2.24) is 15.5 Å². The van der Waals surface area contributed by atoms with Crippen molar-refractivity contribution >= 4 is 0 Å². The lowest BCUT2D eigenvalue weighted by atomic mass is 10.2. The zero-order chi connectivity index (χ0) is 12.8. The highest BCUT2D eigenvalue weighted by molar-refractivity contribution is 5.62. The number of rotatable bonds is 6. The molecule has 0 aliphatic heterocycles. The minimum Gasteiger partial charge on any atom is -0.496 e. The van der Waals surface area contributed by atoms with Crippen molar-refractivity contribution in [3.63, 3.8) is 0 Å². The summed E-state index contributed by atoms with van der Waals surface area (Å²) in [6, 6.07) is 7.60. The largest absolute Gasteiger partial charge is 0.496 e. The third-order valence-electron chi connectivity index (χ3n) is 2.57. The van der Waals surface area contributed by atoms with Gasteiger partial charge >= 0.3 is 0 Å². The highest BCUT2D eigenvalue weighted by atomic mass is 16.5. The van der Waals surface area contributed by atoms with Crippen LogP contribution < -0.4 is 10.1 Å². The van der Waals surface area contributed by atoms with Crippen LogP contribution in [0.1, 0.15) is 12.8 Å². The molecule has 2 aromatic rings. The van der Waals surface area contributed by atoms with Gasteiger partial charge in [-0.3, -0.25) is 0 Å². The van der Waals surface area contributed by atoms with Crippen LogP contribution in [0.2, 0.25) is 0 Å². The molecule has 5 heteroatoms. The Bertz CT molecular complexity index is 496. The molecule has 0 saturated heterocycles. The minimum absolute atomic E-state index is 0.499. The summed E-state index contributed by atoms with van der Waals surface area (Å²) in [5.74, 6) is 1.87. The van der Waals surface area contributed by atoms with Crippen molar-refractivity contribution in [3.8, 4) is 17.2 Å². The van der Waals surface area contributed by atoms with E-state index in [4.69, 9.17) is 9.15 Å². The lowest BCUT2D eigenvalue weighted by molar-refractivity contribution is 0.413. The van der Waals surface area contributed by atoms with Crippen molar-refractivity contribution in [3.05, 3.63) is 30.2 Å². The molecule has 0 spiro atoms. The molecule has 0 amide bonds. The van der Waals surface area contributed by atoms with E-state index in [1.807, 2.05) is 24.3 Å². The molecule has 96 valence electrons. The molecule has 0 saturated carbocycles. The first kappa shape index (κ1) is 12.6. The summed E-state index contributed by atoms with van der Waals surface area (Å²) >= 11 is 0. The molecule has 0 aliphatic carbocycles. The van der Waals surface area contributed by atoms with Crippen molar-refractivity contribution in [2.45, 2.75) is 13.3 Å². The van der Waals surface area contributed by atoms with Gasteiger partial charge in [-0.2, -0.15) is 0 Å². The van der Waals surface area contributed by atoms with Crippen LogP contribution in [-0.4, -0.2) is 30.4 Å². The van der Waals surface area contributed by atoms with Crippen LogP contribution in [0.25, 0.3) is 11.5 Å². The lowest BCUT2D eigenvalue weighted by Gasteiger charge is -2.03. The first-order valence-electron chi connectivity index (χ1n) is 6.01. The fraction of sp³-hybridized carbons (Fsp3) is 0.385. The van der Waals surface area contributed by atoms with Crippen LogP contribution in [0.5, 0.6) is 5.75 Å². The molecule has 1 heterocycles. The summed E-state index contributed by atoms with van der Waals surface area (Å²) in [6.45, 7) is 3.84. The second-order valence-electron chi connectivity index (χ2n) is 3.80. The van der Waals surface area contributed by atoms with Gasteiger partial charge in [0.1, 0.15) is 5.75 Å². The number of hydrogen-bond acceptors (Lipinski definition) is 5. The Balaban J connectivity index is 2.13. The van der Waals surface area contributed by atoms with E-state index in [0.717, 1.165) is 30.8 Å². The molecular formula is C13H17N3O2. The fourth-order valence-electron chi connectivity index (χ4n) is 1.66. The first-order valence-corrected chi connectivity index (χ1v) is 6.01. The average Bonchev–Trinajstić information content (AvgIpc) is 2.88. The summed E-state index contributed by atoms with van der Waals surface area (Å²) in [4.78, 5) is 0. The van der Waals surface area contributed by atoms with Gasteiger partial charge in [0.2, 0.25) is 5.89 Å². The van der Waals surface area contributed by atoms with Gasteiger partial charge < -0.3 is 14.5 Å². The SMILES string of the molecule is CCNCCc1nnc(-c2ccccc2OC)o1. The topological polar surface area (TPSA) is 60.2 Å². The Kier molecular flexibility index (Phi) is 4.30. The standard InChI is InChI=1S/C13H17N3O2/c1-3-14-9-8-12-15-16-13(18-12)10-6-4-5-7-11(10)17-2/h4-7,14H,3,8-9H2,1-2H3. The van der Waals surface area contributed by atoms with Gasteiger partial charge in [0.25, 0.3) is 5.89 Å². The monoisotopic (exact) mass is 247 g/mol. The zero-order valence-electron chi connectivity index (χ0n) is 10.6. The number of likely N-dealkylation sites (N-methyl/N-ethyl adjacent to an activating group) is 1. The quantitative estimate of drug-likeness (QED) is 0.790. The van der Waals surface area contributed by atoms with E-state index in [9.17, 15) is 0 Å². The van der Waals surface area contributed by atoms with Gasteiger partial charge in [-0.25, -0.2) is 0 Å². The van der Waals surface area contributed by atoms with Gasteiger partial charge in [0.05, 0.1) is 12.7 Å². The maximum atomic E-state index is 5.62. The summed E-state index contributed by atoms with van der Waals surface area (Å²) in [6.07, 6.45) is 0.732. The van der Waals surface area contributed by atoms with Gasteiger partial charge in [0.15, 0.2) is 0 Å². The number of para-hydroxylation sites is 1. The Hall–Kier alpha value is -1.88. The van der Waals surface area contributed by atoms with Gasteiger partial charge in [-0.05, 0) is 18.7 Å². The molecule has 0 atom stereocenters. The first-order chi connectivity index (χ1) is 8.85. The normalized spacial score (nSPS) is 10.6. The van der Waals surface area contributed by atoms with Crippen LogP contribution >= 0.6 is 0 Å². The van der Waals surface area contributed by atoms with Crippen LogP contribution in [-0.2, 0) is 6.42 Å². The van der Waals surface area contributed by atoms with Crippen molar-refractivity contribution in [2.75, 3.05) is 20.2 Å². The molecule has 18 heavy (non-hydrogen) atoms. The summed E-state index contributed by atoms with van der Waals surface area (Å²) in [7, 11) is 1.63. The number of nitrogens with zero attached hydrogens (tertiary/aromatic N) is 2. The maximum absolute atomic E-state index is 5.62. The molecule has 0 bridgehead atoms. The minimum atomic E-state index is 0.499. The van der Waals surface area contributed by atoms with Crippen LogP contribution in [0, 0.1) is 0 Å². The molecule has 1 aromatic carbocycles. The molecule has 0 unspecified atom stereocenters. The molecular weight excluding hydrogens is 230 g/mol. The number of hydrogen-bond donors (Lipinski definition) is 1. The number of nitrogens with one attached hydrogen (secondary N) is 1. The fourth-order valence-corrected chi connectivity index (χ4v) is 1.66. The van der Waals surface area contributed by atoms with Crippen molar-refractivity contribution in [1.29, 1.82) is 0 Å². The molecule has 5 nitrogen and oxygen atoms in total. The molecule has 1 aromatic heterocycles. The van der Waals surface area contributed by atoms with E-state index in [2.05, 4.69) is 22.4 Å². The summed E-state index contributed by atoms with van der Waals surface area (Å²) < 4.78 is 10.9. The number of aromatic nitrogens is 2. The maximum Gasteiger partial charge on any atom is 0.251 e. The predicted octanol–water partition coefficient (Wildman–Crippen LogP) is 1.90. The average molecular weight is 247 g/mol. The Labute approximate surface area is 106 Å². The summed E-state index contributed by atoms with van der Waals surface area (Å²) in [5.41, 5.74) is 0.821. The zero-order valence-corrected chi connectivity index (χ0v) is 10.6. The van der Waals surface area contributed by atoms with E-state index >= 15 is 0 Å². The number of benzene rings is 1. The van der Waals surface area contributed by atoms with Crippen LogP contribution in [0.3, 0.4) is 0 Å². The van der Waals surface area contributed by atoms with Crippen LogP contribution in [0.15, 0.2) is 28.7 Å².